The minimum Gasteiger partial charge on any atom is -0.441 e. The number of aryl methyl sites for hydroxylation is 1. The first-order valence-electron chi connectivity index (χ1n) is 7.87. The van der Waals surface area contributed by atoms with E-state index in [9.17, 15) is 18.1 Å². The van der Waals surface area contributed by atoms with Crippen LogP contribution in [-0.2, 0) is 21.1 Å². The zero-order chi connectivity index (χ0) is 19.6. The average molecular weight is 385 g/mol. The van der Waals surface area contributed by atoms with Crippen molar-refractivity contribution in [2.45, 2.75) is 18.2 Å². The van der Waals surface area contributed by atoms with Gasteiger partial charge >= 0.3 is 0 Å². The lowest BCUT2D eigenvalue weighted by Crippen LogP contribution is -1.99. The Bertz CT molecular complexity index is 1100. The quantitative estimate of drug-likeness (QED) is 0.619. The number of aromatic nitrogens is 2. The van der Waals surface area contributed by atoms with E-state index >= 15 is 0 Å². The number of pyridine rings is 1. The summed E-state index contributed by atoms with van der Waals surface area (Å²) in [7, 11) is -3.25. The van der Waals surface area contributed by atoms with E-state index in [4.69, 9.17) is 4.42 Å². The van der Waals surface area contributed by atoms with Gasteiger partial charge in [-0.1, -0.05) is 12.1 Å². The fourth-order valence-electron chi connectivity index (χ4n) is 2.46. The Morgan fingerprint density at radius 2 is 1.78 bits per heavy atom. The summed E-state index contributed by atoms with van der Waals surface area (Å²) in [6.45, 7) is 1.65. The highest BCUT2D eigenvalue weighted by atomic mass is 32.2. The summed E-state index contributed by atoms with van der Waals surface area (Å²) in [4.78, 5) is 30.2. The fraction of sp³-hybridized carbons (Fsp3) is 0.167. The Balaban J connectivity index is 1.84. The summed E-state index contributed by atoms with van der Waals surface area (Å²) < 4.78 is 28.6. The van der Waals surface area contributed by atoms with E-state index in [1.165, 1.54) is 12.1 Å². The van der Waals surface area contributed by atoms with Gasteiger partial charge in [0.05, 0.1) is 28.3 Å². The summed E-state index contributed by atoms with van der Waals surface area (Å²) in [5, 5.41) is 2.35. The highest BCUT2D eigenvalue weighted by molar-refractivity contribution is 7.90. The lowest BCUT2D eigenvalue weighted by molar-refractivity contribution is -0.117. The highest BCUT2D eigenvalue weighted by Gasteiger charge is 2.15. The third kappa shape index (κ3) is 4.14. The lowest BCUT2D eigenvalue weighted by atomic mass is 10.1. The number of nitroso groups, excluding NO2 is 1. The molecule has 0 saturated carbocycles. The number of benzene rings is 1. The van der Waals surface area contributed by atoms with Gasteiger partial charge in [-0.3, -0.25) is 9.78 Å². The Kier molecular flexibility index (Phi) is 4.95. The van der Waals surface area contributed by atoms with Crippen LogP contribution in [0.4, 0.5) is 0 Å². The van der Waals surface area contributed by atoms with Crippen LogP contribution in [0.3, 0.4) is 0 Å². The van der Waals surface area contributed by atoms with Crippen LogP contribution in [0.2, 0.25) is 0 Å². The van der Waals surface area contributed by atoms with Gasteiger partial charge in [0.2, 0.25) is 5.89 Å². The molecule has 3 aromatic rings. The summed E-state index contributed by atoms with van der Waals surface area (Å²) in [6.07, 6.45) is 2.51. The molecule has 0 aliphatic heterocycles. The summed E-state index contributed by atoms with van der Waals surface area (Å²) in [6, 6.07) is 9.93. The topological polar surface area (TPSA) is 120 Å². The van der Waals surface area contributed by atoms with Gasteiger partial charge in [-0.2, -0.15) is 0 Å². The van der Waals surface area contributed by atoms with Gasteiger partial charge in [0.1, 0.15) is 5.76 Å². The van der Waals surface area contributed by atoms with Crippen molar-refractivity contribution in [1.29, 1.82) is 0 Å². The predicted octanol–water partition coefficient (Wildman–Crippen LogP) is 2.95. The van der Waals surface area contributed by atoms with Gasteiger partial charge in [0.15, 0.2) is 9.84 Å². The van der Waals surface area contributed by atoms with Crippen LogP contribution in [0.15, 0.2) is 57.1 Å². The van der Waals surface area contributed by atoms with Crippen molar-refractivity contribution in [3.8, 4) is 22.7 Å². The van der Waals surface area contributed by atoms with Gasteiger partial charge in [0, 0.05) is 23.2 Å². The Morgan fingerprint density at radius 3 is 2.33 bits per heavy atom. The molecule has 0 saturated heterocycles. The van der Waals surface area contributed by atoms with Gasteiger partial charge < -0.3 is 4.42 Å². The number of rotatable bonds is 5. The molecule has 1 aromatic carbocycles. The molecule has 0 unspecified atom stereocenters. The SMILES string of the molecule is Cc1oc(-c2ccc(-c3ccc(S(C)(=O)=O)cc3)nc2)nc1CC(=O)N=O. The van der Waals surface area contributed by atoms with Crippen molar-refractivity contribution in [2.24, 2.45) is 5.18 Å². The standard InChI is InChI=1S/C18H15N3O5S/c1-11-16(9-17(22)21-23)20-18(26-11)13-5-8-15(19-10-13)12-3-6-14(7-4-12)27(2,24)25/h3-8,10H,9H2,1-2H3. The number of oxazole rings is 1. The normalized spacial score (nSPS) is 11.3. The summed E-state index contributed by atoms with van der Waals surface area (Å²) in [5.41, 5.74) is 2.38. The van der Waals surface area contributed by atoms with E-state index in [2.05, 4.69) is 15.1 Å². The van der Waals surface area contributed by atoms with E-state index in [0.29, 0.717) is 22.7 Å². The van der Waals surface area contributed by atoms with Crippen LogP contribution in [0.5, 0.6) is 0 Å². The zero-order valence-electron chi connectivity index (χ0n) is 14.5. The molecular formula is C18H15N3O5S. The second-order valence-corrected chi connectivity index (χ2v) is 7.93. The molecule has 0 aliphatic carbocycles. The maximum absolute atomic E-state index is 11.5. The molecule has 0 fully saturated rings. The molecule has 8 nitrogen and oxygen atoms in total. The average Bonchev–Trinajstić information content (AvgIpc) is 3.01. The molecule has 0 N–H and O–H groups in total. The first-order valence-corrected chi connectivity index (χ1v) is 9.76. The smallest absolute Gasteiger partial charge is 0.292 e. The van der Waals surface area contributed by atoms with Crippen LogP contribution >= 0.6 is 0 Å². The minimum absolute atomic E-state index is 0.211. The monoisotopic (exact) mass is 385 g/mol. The van der Waals surface area contributed by atoms with Gasteiger partial charge in [-0.05, 0) is 31.2 Å². The largest absolute Gasteiger partial charge is 0.441 e. The van der Waals surface area contributed by atoms with Crippen LogP contribution in [0.1, 0.15) is 11.5 Å². The van der Waals surface area contributed by atoms with Crippen molar-refractivity contribution >= 4 is 15.7 Å². The number of amides is 1. The molecule has 0 spiro atoms. The first kappa shape index (κ1) is 18.6. The van der Waals surface area contributed by atoms with Crippen LogP contribution < -0.4 is 0 Å². The number of hydrogen-bond donors (Lipinski definition) is 0. The summed E-state index contributed by atoms with van der Waals surface area (Å²) >= 11 is 0. The number of hydrogen-bond acceptors (Lipinski definition) is 7. The van der Waals surface area contributed by atoms with Crippen molar-refractivity contribution in [1.82, 2.24) is 9.97 Å². The minimum atomic E-state index is -3.25. The van der Waals surface area contributed by atoms with Crippen molar-refractivity contribution in [3.63, 3.8) is 0 Å². The molecule has 9 heteroatoms. The molecule has 0 atom stereocenters. The molecule has 3 rings (SSSR count). The van der Waals surface area contributed by atoms with Crippen molar-refractivity contribution in [2.75, 3.05) is 6.26 Å². The molecule has 2 aromatic heterocycles. The van der Waals surface area contributed by atoms with Gasteiger partial charge in [0.25, 0.3) is 5.91 Å². The van der Waals surface area contributed by atoms with Crippen molar-refractivity contribution < 1.29 is 17.6 Å². The molecule has 138 valence electrons. The zero-order valence-corrected chi connectivity index (χ0v) is 15.4. The second-order valence-electron chi connectivity index (χ2n) is 5.91. The molecule has 27 heavy (non-hydrogen) atoms. The van der Waals surface area contributed by atoms with E-state index < -0.39 is 15.7 Å². The van der Waals surface area contributed by atoms with E-state index in [1.807, 2.05) is 0 Å². The Hall–Kier alpha value is -3.20. The third-order valence-corrected chi connectivity index (χ3v) is 5.03. The molecule has 2 heterocycles. The van der Waals surface area contributed by atoms with Gasteiger partial charge in [-0.25, -0.2) is 13.4 Å². The predicted molar refractivity (Wildman–Crippen MR) is 97.5 cm³/mol. The number of sulfone groups is 1. The van der Waals surface area contributed by atoms with Gasteiger partial charge in [-0.15, -0.1) is 4.91 Å². The number of carbonyl (C=O) groups excluding carboxylic acids is 1. The number of carbonyl (C=O) groups is 1. The van der Waals surface area contributed by atoms with E-state index in [-0.39, 0.29) is 17.2 Å². The Morgan fingerprint density at radius 1 is 1.11 bits per heavy atom. The number of nitrogens with zero attached hydrogens (tertiary/aromatic N) is 3. The maximum atomic E-state index is 11.5. The summed E-state index contributed by atoms with van der Waals surface area (Å²) in [5.74, 6) is -0.0981. The van der Waals surface area contributed by atoms with Crippen LogP contribution in [0, 0.1) is 11.8 Å². The highest BCUT2D eigenvalue weighted by Crippen LogP contribution is 2.25. The maximum Gasteiger partial charge on any atom is 0.292 e. The molecule has 0 radical (unpaired) electrons. The van der Waals surface area contributed by atoms with Crippen molar-refractivity contribution in [3.05, 3.63) is 59.0 Å². The van der Waals surface area contributed by atoms with E-state index in [1.54, 1.807) is 37.4 Å². The third-order valence-electron chi connectivity index (χ3n) is 3.90. The van der Waals surface area contributed by atoms with E-state index in [0.717, 1.165) is 11.8 Å². The fourth-order valence-corrected chi connectivity index (χ4v) is 3.09. The first-order chi connectivity index (χ1) is 12.8. The van der Waals surface area contributed by atoms with Crippen LogP contribution in [0.25, 0.3) is 22.7 Å². The Labute approximate surface area is 155 Å². The van der Waals surface area contributed by atoms with Crippen LogP contribution in [-0.4, -0.2) is 30.5 Å². The molecule has 0 aliphatic rings. The molecule has 0 bridgehead atoms. The second kappa shape index (κ2) is 7.20. The molecular weight excluding hydrogens is 370 g/mol. The molecule has 1 amide bonds. The lowest BCUT2D eigenvalue weighted by Gasteiger charge is -2.03.